The van der Waals surface area contributed by atoms with Crippen LogP contribution in [-0.2, 0) is 4.74 Å². The summed E-state index contributed by atoms with van der Waals surface area (Å²) < 4.78 is 7.12. The van der Waals surface area contributed by atoms with Crippen LogP contribution in [0.1, 0.15) is 67.8 Å². The van der Waals surface area contributed by atoms with Gasteiger partial charge in [0.05, 0.1) is 17.3 Å². The predicted molar refractivity (Wildman–Crippen MR) is 128 cm³/mol. The lowest BCUT2D eigenvalue weighted by Crippen LogP contribution is -2.44. The van der Waals surface area contributed by atoms with Gasteiger partial charge in [-0.25, -0.2) is 9.31 Å². The highest BCUT2D eigenvalue weighted by atomic mass is 16.5. The quantitative estimate of drug-likeness (QED) is 0.648. The summed E-state index contributed by atoms with van der Waals surface area (Å²) in [5.74, 6) is 1.16. The number of urea groups is 1. The van der Waals surface area contributed by atoms with E-state index in [9.17, 15) is 9.59 Å². The van der Waals surface area contributed by atoms with Crippen molar-refractivity contribution in [1.82, 2.24) is 24.7 Å². The number of pyridine rings is 1. The van der Waals surface area contributed by atoms with Crippen LogP contribution in [-0.4, -0.2) is 77.3 Å². The summed E-state index contributed by atoms with van der Waals surface area (Å²) in [6.07, 6.45) is 8.46. The Morgan fingerprint density at radius 2 is 1.85 bits per heavy atom. The van der Waals surface area contributed by atoms with Gasteiger partial charge in [-0.2, -0.15) is 5.10 Å². The van der Waals surface area contributed by atoms with Gasteiger partial charge in [0.1, 0.15) is 0 Å². The number of amides is 3. The highest BCUT2D eigenvalue weighted by molar-refractivity contribution is 6.00. The van der Waals surface area contributed by atoms with E-state index in [0.717, 1.165) is 63.8 Å². The number of nitrogens with zero attached hydrogens (tertiary/aromatic N) is 4. The van der Waals surface area contributed by atoms with Gasteiger partial charge >= 0.3 is 6.03 Å². The molecule has 0 aliphatic carbocycles. The minimum absolute atomic E-state index is 0.0138. The number of nitrogens with one attached hydrogen (secondary N) is 1. The molecule has 8 nitrogen and oxygen atoms in total. The van der Waals surface area contributed by atoms with Crippen molar-refractivity contribution in [2.45, 2.75) is 51.9 Å². The second-order valence-electron chi connectivity index (χ2n) is 9.37. The van der Waals surface area contributed by atoms with E-state index >= 15 is 0 Å². The van der Waals surface area contributed by atoms with E-state index in [1.807, 2.05) is 22.9 Å². The van der Waals surface area contributed by atoms with Gasteiger partial charge in [-0.3, -0.25) is 4.79 Å². The first kappa shape index (κ1) is 23.5. The van der Waals surface area contributed by atoms with Gasteiger partial charge in [0.15, 0.2) is 0 Å². The molecule has 0 bridgehead atoms. The van der Waals surface area contributed by atoms with Crippen molar-refractivity contribution in [2.24, 2.45) is 5.92 Å². The lowest BCUT2D eigenvalue weighted by Gasteiger charge is -2.32. The summed E-state index contributed by atoms with van der Waals surface area (Å²) in [6.45, 7) is 9.38. The number of likely N-dealkylation sites (tertiary alicyclic amines) is 2. The largest absolute Gasteiger partial charge is 0.382 e. The van der Waals surface area contributed by atoms with Crippen LogP contribution in [0.3, 0.4) is 0 Å². The second kappa shape index (κ2) is 11.0. The number of aromatic nitrogens is 2. The van der Waals surface area contributed by atoms with Gasteiger partial charge in [-0.1, -0.05) is 6.92 Å². The summed E-state index contributed by atoms with van der Waals surface area (Å²) in [5, 5.41) is 7.41. The summed E-state index contributed by atoms with van der Waals surface area (Å²) >= 11 is 0. The van der Waals surface area contributed by atoms with E-state index in [-0.39, 0.29) is 11.9 Å². The Morgan fingerprint density at radius 3 is 2.58 bits per heavy atom. The number of carbonyl (C=O) groups is 2. The van der Waals surface area contributed by atoms with Crippen LogP contribution in [0, 0.1) is 5.92 Å². The molecule has 2 aromatic rings. The van der Waals surface area contributed by atoms with Crippen molar-refractivity contribution in [3.63, 3.8) is 0 Å². The number of piperidine rings is 2. The van der Waals surface area contributed by atoms with E-state index in [1.165, 1.54) is 5.56 Å². The third-order valence-corrected chi connectivity index (χ3v) is 7.05. The topological polar surface area (TPSA) is 79.2 Å². The van der Waals surface area contributed by atoms with Crippen LogP contribution in [0.15, 0.2) is 24.5 Å². The zero-order valence-corrected chi connectivity index (χ0v) is 20.0. The highest BCUT2D eigenvalue weighted by Crippen LogP contribution is 2.30. The maximum Gasteiger partial charge on any atom is 0.317 e. The summed E-state index contributed by atoms with van der Waals surface area (Å²) in [6, 6.07) is 4.24. The molecule has 2 fully saturated rings. The van der Waals surface area contributed by atoms with Crippen LogP contribution in [0.25, 0.3) is 5.52 Å². The minimum Gasteiger partial charge on any atom is -0.382 e. The van der Waals surface area contributed by atoms with E-state index in [2.05, 4.69) is 29.5 Å². The highest BCUT2D eigenvalue weighted by Gasteiger charge is 2.26. The van der Waals surface area contributed by atoms with E-state index in [1.54, 1.807) is 10.7 Å². The molecule has 0 spiro atoms. The molecule has 2 aliphatic rings. The lowest BCUT2D eigenvalue weighted by molar-refractivity contribution is 0.0699. The molecule has 4 heterocycles. The van der Waals surface area contributed by atoms with Gasteiger partial charge in [-0.15, -0.1) is 0 Å². The number of hydrogen-bond acceptors (Lipinski definition) is 4. The maximum absolute atomic E-state index is 13.1. The number of rotatable bonds is 7. The second-order valence-corrected chi connectivity index (χ2v) is 9.37. The van der Waals surface area contributed by atoms with Gasteiger partial charge < -0.3 is 19.9 Å². The van der Waals surface area contributed by atoms with Crippen molar-refractivity contribution in [3.8, 4) is 0 Å². The maximum atomic E-state index is 13.1. The monoisotopic (exact) mass is 455 g/mol. The molecule has 3 amide bonds. The zero-order valence-electron chi connectivity index (χ0n) is 20.0. The fourth-order valence-electron chi connectivity index (χ4n) is 4.84. The van der Waals surface area contributed by atoms with Crippen LogP contribution in [0.5, 0.6) is 0 Å². The van der Waals surface area contributed by atoms with Crippen LogP contribution in [0.2, 0.25) is 0 Å². The number of hydrogen-bond donors (Lipinski definition) is 1. The van der Waals surface area contributed by atoms with Gasteiger partial charge in [-0.05, 0) is 68.6 Å². The normalized spacial score (nSPS) is 18.1. The van der Waals surface area contributed by atoms with Crippen molar-refractivity contribution < 1.29 is 14.3 Å². The molecule has 1 N–H and O–H groups in total. The molecule has 180 valence electrons. The number of fused-ring (bicyclic) bond motifs is 1. The Kier molecular flexibility index (Phi) is 7.85. The zero-order chi connectivity index (χ0) is 23.2. The Hall–Kier alpha value is -2.61. The summed E-state index contributed by atoms with van der Waals surface area (Å²) in [4.78, 5) is 29.4. The third-order valence-electron chi connectivity index (χ3n) is 7.05. The smallest absolute Gasteiger partial charge is 0.317 e. The molecule has 0 radical (unpaired) electrons. The Bertz CT molecular complexity index is 943. The van der Waals surface area contributed by atoms with Crippen LogP contribution >= 0.6 is 0 Å². The van der Waals surface area contributed by atoms with Gasteiger partial charge in [0.25, 0.3) is 5.91 Å². The summed E-state index contributed by atoms with van der Waals surface area (Å²) in [7, 11) is 0. The number of carbonyl (C=O) groups excluding carboxylic acids is 2. The first-order chi connectivity index (χ1) is 16.1. The minimum atomic E-state index is 0.0138. The van der Waals surface area contributed by atoms with E-state index in [4.69, 9.17) is 4.74 Å². The molecule has 2 saturated heterocycles. The predicted octanol–water partition coefficient (Wildman–Crippen LogP) is 3.52. The fraction of sp³-hybridized carbons (Fsp3) is 0.640. The first-order valence-corrected chi connectivity index (χ1v) is 12.4. The Morgan fingerprint density at radius 1 is 1.12 bits per heavy atom. The lowest BCUT2D eigenvalue weighted by atomic mass is 9.89. The molecular formula is C25H37N5O3. The average Bonchev–Trinajstić information content (AvgIpc) is 3.27. The van der Waals surface area contributed by atoms with E-state index < -0.39 is 0 Å². The average molecular weight is 456 g/mol. The van der Waals surface area contributed by atoms with Crippen molar-refractivity contribution in [2.75, 3.05) is 45.9 Å². The molecule has 4 rings (SSSR count). The molecule has 0 unspecified atom stereocenters. The van der Waals surface area contributed by atoms with E-state index in [0.29, 0.717) is 37.2 Å². The third kappa shape index (κ3) is 5.66. The van der Waals surface area contributed by atoms with Gasteiger partial charge in [0, 0.05) is 52.1 Å². The van der Waals surface area contributed by atoms with Gasteiger partial charge in [0.2, 0.25) is 0 Å². The number of ether oxygens (including phenoxy) is 1. The molecule has 0 aromatic carbocycles. The fourth-order valence-corrected chi connectivity index (χ4v) is 4.84. The Balaban J connectivity index is 1.35. The SMILES string of the molecule is CCOCCCNC(=O)N1CCC(c2ccn3ncc(C(=O)N4CCC(C)CC4)c3c2)CC1. The molecule has 8 heteroatoms. The Labute approximate surface area is 196 Å². The molecule has 0 saturated carbocycles. The van der Waals surface area contributed by atoms with Crippen LogP contribution < -0.4 is 5.32 Å². The van der Waals surface area contributed by atoms with Crippen molar-refractivity contribution >= 4 is 17.5 Å². The first-order valence-electron chi connectivity index (χ1n) is 12.4. The molecule has 2 aromatic heterocycles. The molecular weight excluding hydrogens is 418 g/mol. The van der Waals surface area contributed by atoms with Crippen molar-refractivity contribution in [3.05, 3.63) is 35.7 Å². The summed E-state index contributed by atoms with van der Waals surface area (Å²) in [5.41, 5.74) is 2.79. The van der Waals surface area contributed by atoms with Crippen LogP contribution in [0.4, 0.5) is 4.79 Å². The molecule has 2 aliphatic heterocycles. The molecule has 0 atom stereocenters. The standard InChI is InChI=1S/C25H37N5O3/c1-3-33-16-4-10-26-25(32)29-13-7-20(8-14-29)21-9-15-30-23(17-21)22(18-27-30)24(31)28-11-5-19(2)6-12-28/h9,15,17-20H,3-8,10-14,16H2,1-2H3,(H,26,32). The molecule has 33 heavy (non-hydrogen) atoms. The van der Waals surface area contributed by atoms with Crippen molar-refractivity contribution in [1.29, 1.82) is 0 Å².